The van der Waals surface area contributed by atoms with E-state index in [0.717, 1.165) is 0 Å². The minimum atomic E-state index is -1.20. The van der Waals surface area contributed by atoms with Crippen LogP contribution < -0.4 is 10.6 Å². The van der Waals surface area contributed by atoms with Crippen molar-refractivity contribution in [2.45, 2.75) is 63.3 Å². The number of nitrogens with one attached hydrogen (secondary N) is 2. The summed E-state index contributed by atoms with van der Waals surface area (Å²) in [5.41, 5.74) is -1.05. The van der Waals surface area contributed by atoms with Crippen LogP contribution in [-0.4, -0.2) is 57.6 Å². The molecule has 3 aliphatic rings. The van der Waals surface area contributed by atoms with Crippen LogP contribution in [0.25, 0.3) is 0 Å². The Morgan fingerprint density at radius 1 is 1.11 bits per heavy atom. The molecule has 2 aromatic rings. The molecule has 1 spiro atoms. The average Bonchev–Trinajstić information content (AvgIpc) is 3.47. The van der Waals surface area contributed by atoms with Gasteiger partial charge >= 0.3 is 0 Å². The number of benzene rings is 2. The fourth-order valence-corrected chi connectivity index (χ4v) is 6.92. The zero-order chi connectivity index (χ0) is 27.2. The monoisotopic (exact) mass is 539 g/mol. The van der Waals surface area contributed by atoms with Gasteiger partial charge in [-0.15, -0.1) is 0 Å². The Labute approximate surface area is 227 Å². The van der Waals surface area contributed by atoms with Gasteiger partial charge in [-0.25, -0.2) is 0 Å². The van der Waals surface area contributed by atoms with Gasteiger partial charge < -0.3 is 25.4 Å². The third-order valence-corrected chi connectivity index (χ3v) is 9.09. The molecule has 3 fully saturated rings. The second kappa shape index (κ2) is 9.98. The molecular weight excluding hydrogens is 506 g/mol. The highest BCUT2D eigenvalue weighted by atomic mass is 35.5. The number of para-hydroxylation sites is 2. The zero-order valence-electron chi connectivity index (χ0n) is 21.8. The maximum absolute atomic E-state index is 14.3. The lowest BCUT2D eigenvalue weighted by atomic mass is 9.66. The van der Waals surface area contributed by atoms with E-state index in [9.17, 15) is 19.5 Å². The minimum absolute atomic E-state index is 0.0841. The van der Waals surface area contributed by atoms with Gasteiger partial charge in [0.15, 0.2) is 0 Å². The van der Waals surface area contributed by atoms with E-state index >= 15 is 0 Å². The summed E-state index contributed by atoms with van der Waals surface area (Å²) in [6.45, 7) is 5.47. The third-order valence-electron chi connectivity index (χ3n) is 8.76. The van der Waals surface area contributed by atoms with Crippen LogP contribution in [0.5, 0.6) is 0 Å². The number of amides is 3. The summed E-state index contributed by atoms with van der Waals surface area (Å²) >= 11 is 6.34. The number of likely N-dealkylation sites (tertiary alicyclic amines) is 1. The number of anilines is 2. The number of ether oxygens (including phenoxy) is 1. The maximum atomic E-state index is 14.3. The Balaban J connectivity index is 1.56. The predicted molar refractivity (Wildman–Crippen MR) is 145 cm³/mol. The van der Waals surface area contributed by atoms with Gasteiger partial charge in [0.25, 0.3) is 0 Å². The highest BCUT2D eigenvalue weighted by Crippen LogP contribution is 2.63. The van der Waals surface area contributed by atoms with E-state index in [4.69, 9.17) is 16.3 Å². The van der Waals surface area contributed by atoms with Gasteiger partial charge in [0.2, 0.25) is 17.7 Å². The molecule has 7 atom stereocenters. The average molecular weight is 540 g/mol. The molecule has 9 heteroatoms. The van der Waals surface area contributed by atoms with Gasteiger partial charge in [0.1, 0.15) is 11.6 Å². The number of carbonyl (C=O) groups is 3. The number of aliphatic hydroxyl groups excluding tert-OH is 1. The number of carbonyl (C=O) groups excluding carboxylic acids is 3. The fraction of sp³-hybridized carbons (Fsp3) is 0.483. The Hall–Kier alpha value is -2.94. The molecule has 38 heavy (non-hydrogen) atoms. The number of hydrogen-bond donors (Lipinski definition) is 3. The van der Waals surface area contributed by atoms with E-state index in [1.165, 1.54) is 4.90 Å². The molecule has 2 aromatic carbocycles. The van der Waals surface area contributed by atoms with Gasteiger partial charge in [-0.05, 0) is 49.9 Å². The van der Waals surface area contributed by atoms with E-state index in [2.05, 4.69) is 10.6 Å². The number of rotatable bonds is 8. The van der Waals surface area contributed by atoms with Crippen LogP contribution in [0.15, 0.2) is 54.6 Å². The maximum Gasteiger partial charge on any atom is 0.250 e. The molecule has 2 bridgehead atoms. The molecule has 8 nitrogen and oxygen atoms in total. The van der Waals surface area contributed by atoms with Gasteiger partial charge in [-0.1, -0.05) is 62.2 Å². The number of halogens is 1. The lowest BCUT2D eigenvalue weighted by molar-refractivity contribution is -0.148. The van der Waals surface area contributed by atoms with Crippen LogP contribution in [-0.2, 0) is 19.1 Å². The minimum Gasteiger partial charge on any atom is -0.394 e. The first-order valence-corrected chi connectivity index (χ1v) is 13.6. The first-order valence-electron chi connectivity index (χ1n) is 13.2. The smallest absolute Gasteiger partial charge is 0.250 e. The number of nitrogens with zero attached hydrogens (tertiary/aromatic N) is 1. The van der Waals surface area contributed by atoms with Crippen LogP contribution in [0.4, 0.5) is 11.4 Å². The number of hydrogen-bond acceptors (Lipinski definition) is 5. The standard InChI is InChI=1S/C29H34ClN3O5/c1-4-17(2)21(16-34)33-24(26(36)32-20-13-9-8-12-19(20)30)29-15-14-28(3,38-29)22(23(29)27(33)37)25(35)31-18-10-6-5-7-11-18/h5-13,17,21-24,34H,4,14-16H2,1-3H3,(H,31,35)(H,32,36)/t17-,21-,22+,23-,24?,28-,29?/m0/s1. The van der Waals surface area contributed by atoms with E-state index < -0.39 is 41.0 Å². The predicted octanol–water partition coefficient (Wildman–Crippen LogP) is 4.09. The molecule has 3 N–H and O–H groups in total. The zero-order valence-corrected chi connectivity index (χ0v) is 22.6. The Bertz CT molecular complexity index is 1240. The Morgan fingerprint density at radius 3 is 2.45 bits per heavy atom. The molecule has 0 radical (unpaired) electrons. The molecule has 3 amide bonds. The van der Waals surface area contributed by atoms with Crippen LogP contribution >= 0.6 is 11.6 Å². The highest BCUT2D eigenvalue weighted by molar-refractivity contribution is 6.33. The Morgan fingerprint density at radius 2 is 1.79 bits per heavy atom. The van der Waals surface area contributed by atoms with Crippen molar-refractivity contribution in [3.8, 4) is 0 Å². The van der Waals surface area contributed by atoms with E-state index in [-0.39, 0.29) is 24.3 Å². The van der Waals surface area contributed by atoms with Gasteiger partial charge in [-0.3, -0.25) is 14.4 Å². The van der Waals surface area contributed by atoms with Crippen LogP contribution in [0.2, 0.25) is 5.02 Å². The van der Waals surface area contributed by atoms with Crippen molar-refractivity contribution in [2.24, 2.45) is 17.8 Å². The third kappa shape index (κ3) is 4.10. The second-order valence-corrected chi connectivity index (χ2v) is 11.3. The lowest BCUT2D eigenvalue weighted by Crippen LogP contribution is -2.57. The molecular formula is C29H34ClN3O5. The molecule has 3 heterocycles. The summed E-state index contributed by atoms with van der Waals surface area (Å²) in [6.07, 6.45) is 1.67. The van der Waals surface area contributed by atoms with Crippen molar-refractivity contribution in [3.05, 3.63) is 59.6 Å². The molecule has 3 saturated heterocycles. The molecule has 3 aliphatic heterocycles. The number of aliphatic hydroxyl groups is 1. The summed E-state index contributed by atoms with van der Waals surface area (Å²) in [5, 5.41) is 16.6. The second-order valence-electron chi connectivity index (χ2n) is 10.9. The topological polar surface area (TPSA) is 108 Å². The first-order chi connectivity index (χ1) is 18.2. The molecule has 202 valence electrons. The van der Waals surface area contributed by atoms with Crippen molar-refractivity contribution in [1.29, 1.82) is 0 Å². The summed E-state index contributed by atoms with van der Waals surface area (Å²) in [5.74, 6) is -2.82. The quantitative estimate of drug-likeness (QED) is 0.468. The largest absolute Gasteiger partial charge is 0.394 e. The first kappa shape index (κ1) is 26.7. The van der Waals surface area contributed by atoms with Crippen molar-refractivity contribution in [1.82, 2.24) is 4.90 Å². The lowest BCUT2D eigenvalue weighted by Gasteiger charge is -2.39. The molecule has 0 aromatic heterocycles. The van der Waals surface area contributed by atoms with Crippen molar-refractivity contribution >= 4 is 40.7 Å². The summed E-state index contributed by atoms with van der Waals surface area (Å²) in [6, 6.07) is 14.3. The van der Waals surface area contributed by atoms with Gasteiger partial charge in [0, 0.05) is 5.69 Å². The Kier molecular flexibility index (Phi) is 7.00. The van der Waals surface area contributed by atoms with Crippen LogP contribution in [0.1, 0.15) is 40.0 Å². The number of fused-ring (bicyclic) bond motifs is 1. The summed E-state index contributed by atoms with van der Waals surface area (Å²) < 4.78 is 6.65. The molecule has 2 unspecified atom stereocenters. The van der Waals surface area contributed by atoms with Crippen LogP contribution in [0, 0.1) is 17.8 Å². The van der Waals surface area contributed by atoms with Crippen molar-refractivity contribution in [3.63, 3.8) is 0 Å². The van der Waals surface area contributed by atoms with Crippen molar-refractivity contribution < 1.29 is 24.2 Å². The van der Waals surface area contributed by atoms with E-state index in [0.29, 0.717) is 35.7 Å². The fourth-order valence-electron chi connectivity index (χ4n) is 6.74. The van der Waals surface area contributed by atoms with Crippen molar-refractivity contribution in [2.75, 3.05) is 17.2 Å². The summed E-state index contributed by atoms with van der Waals surface area (Å²) in [4.78, 5) is 43.5. The summed E-state index contributed by atoms with van der Waals surface area (Å²) in [7, 11) is 0. The van der Waals surface area contributed by atoms with Crippen LogP contribution in [0.3, 0.4) is 0 Å². The molecule has 0 saturated carbocycles. The SMILES string of the molecule is CC[C@H](C)[C@H](CO)N1C(=O)[C@@H]2[C@H](C(=O)Nc3ccccc3)[C@]3(C)CCC2(O3)C1C(=O)Nc1ccccc1Cl. The molecule has 0 aliphatic carbocycles. The normalized spacial score (nSPS) is 31.1. The van der Waals surface area contributed by atoms with Gasteiger partial charge in [-0.2, -0.15) is 0 Å². The van der Waals surface area contributed by atoms with E-state index in [1.807, 2.05) is 39.0 Å². The highest BCUT2D eigenvalue weighted by Gasteiger charge is 2.78. The van der Waals surface area contributed by atoms with E-state index in [1.54, 1.807) is 36.4 Å². The van der Waals surface area contributed by atoms with Gasteiger partial charge in [0.05, 0.1) is 40.8 Å². The molecule has 5 rings (SSSR count).